The minimum Gasteiger partial charge on any atom is -0.492 e. The van der Waals surface area contributed by atoms with Crippen LogP contribution < -0.4 is 24.3 Å². The Labute approximate surface area is 185 Å². The molecule has 2 heterocycles. The Morgan fingerprint density at radius 3 is 2.69 bits per heavy atom. The summed E-state index contributed by atoms with van der Waals surface area (Å²) in [6.07, 6.45) is -0.552. The second-order valence-electron chi connectivity index (χ2n) is 8.59. The highest BCUT2D eigenvalue weighted by atomic mass is 16.7. The molecule has 9 heteroatoms. The van der Waals surface area contributed by atoms with Crippen LogP contribution in [0.5, 0.6) is 23.0 Å². The Hall–Kier alpha value is -3.62. The number of benzene rings is 2. The van der Waals surface area contributed by atoms with Crippen molar-refractivity contribution in [2.45, 2.75) is 45.3 Å². The van der Waals surface area contributed by atoms with Gasteiger partial charge >= 0.3 is 12.1 Å². The van der Waals surface area contributed by atoms with E-state index in [0.717, 1.165) is 5.56 Å². The molecule has 2 aromatic rings. The summed E-state index contributed by atoms with van der Waals surface area (Å²) in [6.45, 7) is 5.94. The summed E-state index contributed by atoms with van der Waals surface area (Å²) in [6, 6.07) is 8.77. The fourth-order valence-electron chi connectivity index (χ4n) is 3.57. The molecule has 4 rings (SSSR count). The Morgan fingerprint density at radius 1 is 1.12 bits per heavy atom. The van der Waals surface area contributed by atoms with Gasteiger partial charge in [0.05, 0.1) is 13.0 Å². The number of ether oxygens (including phenoxy) is 5. The molecule has 1 amide bonds. The van der Waals surface area contributed by atoms with Crippen molar-refractivity contribution >= 4 is 17.7 Å². The number of nitrogens with one attached hydrogen (secondary N) is 1. The van der Waals surface area contributed by atoms with E-state index in [4.69, 9.17) is 28.8 Å². The molecule has 0 saturated heterocycles. The van der Waals surface area contributed by atoms with Gasteiger partial charge in [0, 0.05) is 34.9 Å². The molecule has 0 aliphatic carbocycles. The minimum absolute atomic E-state index is 0.0219. The zero-order valence-corrected chi connectivity index (χ0v) is 18.1. The number of amides is 1. The minimum atomic E-state index is -0.859. The molecule has 0 aromatic heterocycles. The Morgan fingerprint density at radius 2 is 1.94 bits per heavy atom. The van der Waals surface area contributed by atoms with Crippen molar-refractivity contribution < 1.29 is 38.4 Å². The summed E-state index contributed by atoms with van der Waals surface area (Å²) >= 11 is 0. The maximum Gasteiger partial charge on any atom is 0.412 e. The zero-order valence-electron chi connectivity index (χ0n) is 18.1. The number of hydrogen-bond acceptors (Lipinski definition) is 7. The maximum absolute atomic E-state index is 12.1. The van der Waals surface area contributed by atoms with Crippen LogP contribution in [0.3, 0.4) is 0 Å². The number of carbonyl (C=O) groups excluding carboxylic acids is 1. The second kappa shape index (κ2) is 8.49. The van der Waals surface area contributed by atoms with Gasteiger partial charge in [0.15, 0.2) is 11.5 Å². The van der Waals surface area contributed by atoms with E-state index >= 15 is 0 Å². The highest BCUT2D eigenvalue weighted by Crippen LogP contribution is 2.41. The highest BCUT2D eigenvalue weighted by Gasteiger charge is 2.27. The number of anilines is 1. The first-order valence-electron chi connectivity index (χ1n) is 10.2. The lowest BCUT2D eigenvalue weighted by atomic mass is 9.98. The molecule has 170 valence electrons. The van der Waals surface area contributed by atoms with Crippen molar-refractivity contribution in [1.29, 1.82) is 0 Å². The van der Waals surface area contributed by atoms with E-state index in [9.17, 15) is 9.59 Å². The predicted octanol–water partition coefficient (Wildman–Crippen LogP) is 4.29. The fourth-order valence-corrected chi connectivity index (χ4v) is 3.57. The van der Waals surface area contributed by atoms with Crippen molar-refractivity contribution in [2.75, 3.05) is 18.7 Å². The van der Waals surface area contributed by atoms with E-state index in [-0.39, 0.29) is 25.7 Å². The fraction of sp³-hybridized carbons (Fsp3) is 0.391. The van der Waals surface area contributed by atoms with Crippen molar-refractivity contribution in [3.8, 4) is 23.0 Å². The van der Waals surface area contributed by atoms with E-state index in [1.54, 1.807) is 45.0 Å². The normalized spacial score (nSPS) is 16.2. The molecule has 32 heavy (non-hydrogen) atoms. The molecule has 2 aliphatic rings. The number of aliphatic carboxylic acids is 1. The highest BCUT2D eigenvalue weighted by molar-refractivity contribution is 5.86. The lowest BCUT2D eigenvalue weighted by molar-refractivity contribution is -0.137. The van der Waals surface area contributed by atoms with Gasteiger partial charge in [-0.15, -0.1) is 0 Å². The Kier molecular flexibility index (Phi) is 5.73. The molecule has 0 fully saturated rings. The molecule has 0 bridgehead atoms. The van der Waals surface area contributed by atoms with Crippen LogP contribution in [0.4, 0.5) is 10.5 Å². The number of carboxylic acids is 1. The third-order valence-corrected chi connectivity index (χ3v) is 4.87. The Balaban J connectivity index is 1.47. The van der Waals surface area contributed by atoms with Gasteiger partial charge in [0.1, 0.15) is 23.7 Å². The summed E-state index contributed by atoms with van der Waals surface area (Å²) in [5, 5.41) is 11.7. The van der Waals surface area contributed by atoms with Gasteiger partial charge in [0.2, 0.25) is 6.79 Å². The average Bonchev–Trinajstić information content (AvgIpc) is 3.31. The molecular weight excluding hydrogens is 418 g/mol. The van der Waals surface area contributed by atoms with Crippen LogP contribution in [0, 0.1) is 0 Å². The molecule has 0 spiro atoms. The van der Waals surface area contributed by atoms with Crippen molar-refractivity contribution in [3.63, 3.8) is 0 Å². The number of hydrogen-bond donors (Lipinski definition) is 2. The van der Waals surface area contributed by atoms with Crippen LogP contribution in [0.25, 0.3) is 0 Å². The number of carboxylic acid groups (broad SMARTS) is 1. The second-order valence-corrected chi connectivity index (χ2v) is 8.59. The van der Waals surface area contributed by atoms with Crippen LogP contribution in [-0.4, -0.2) is 36.2 Å². The van der Waals surface area contributed by atoms with Crippen molar-refractivity contribution in [1.82, 2.24) is 0 Å². The van der Waals surface area contributed by atoms with Crippen molar-refractivity contribution in [2.24, 2.45) is 0 Å². The molecule has 0 unspecified atom stereocenters. The first-order valence-corrected chi connectivity index (χ1v) is 10.2. The SMILES string of the molecule is CC(C)(C)OC(=O)Nc1cc(COc2ccc3c(c2)OC[C@H]3CC(=O)O)c2c(c1)OCO2. The van der Waals surface area contributed by atoms with E-state index in [2.05, 4.69) is 5.32 Å². The summed E-state index contributed by atoms with van der Waals surface area (Å²) in [7, 11) is 0. The van der Waals surface area contributed by atoms with Gasteiger partial charge in [-0.1, -0.05) is 6.07 Å². The molecule has 1 atom stereocenters. The molecule has 9 nitrogen and oxygen atoms in total. The lowest BCUT2D eigenvalue weighted by Crippen LogP contribution is -2.27. The van der Waals surface area contributed by atoms with E-state index in [0.29, 0.717) is 40.9 Å². The van der Waals surface area contributed by atoms with Gasteiger partial charge in [0.25, 0.3) is 0 Å². The smallest absolute Gasteiger partial charge is 0.412 e. The maximum atomic E-state index is 12.1. The van der Waals surface area contributed by atoms with Gasteiger partial charge in [-0.3, -0.25) is 10.1 Å². The molecular formula is C23H25NO8. The molecule has 0 radical (unpaired) electrons. The number of fused-ring (bicyclic) bond motifs is 2. The van der Waals surface area contributed by atoms with Gasteiger partial charge < -0.3 is 28.8 Å². The number of carbonyl (C=O) groups is 2. The Bertz CT molecular complexity index is 1040. The van der Waals surface area contributed by atoms with Crippen LogP contribution in [-0.2, 0) is 16.1 Å². The monoisotopic (exact) mass is 443 g/mol. The quantitative estimate of drug-likeness (QED) is 0.680. The molecule has 2 N–H and O–H groups in total. The van der Waals surface area contributed by atoms with Crippen molar-refractivity contribution in [3.05, 3.63) is 41.5 Å². The third kappa shape index (κ3) is 4.99. The van der Waals surface area contributed by atoms with Gasteiger partial charge in [-0.2, -0.15) is 0 Å². The van der Waals surface area contributed by atoms with E-state index < -0.39 is 17.7 Å². The summed E-state index contributed by atoms with van der Waals surface area (Å²) in [4.78, 5) is 23.1. The standard InChI is InChI=1S/C23H25NO8/c1-23(2,3)32-22(27)24-15-6-14(21-19(8-15)30-12-31-21)11-28-16-4-5-17-13(7-20(25)26)10-29-18(17)9-16/h4-6,8-9,13H,7,10-12H2,1-3H3,(H,24,27)(H,25,26)/t13-/m1/s1. The average molecular weight is 443 g/mol. The summed E-state index contributed by atoms with van der Waals surface area (Å²) in [5.41, 5.74) is 1.43. The van der Waals surface area contributed by atoms with E-state index in [1.165, 1.54) is 0 Å². The van der Waals surface area contributed by atoms with Gasteiger partial charge in [-0.05, 0) is 32.9 Å². The summed E-state index contributed by atoms with van der Waals surface area (Å²) < 4.78 is 27.9. The predicted molar refractivity (Wildman–Crippen MR) is 114 cm³/mol. The van der Waals surface area contributed by atoms with Crippen LogP contribution in [0.15, 0.2) is 30.3 Å². The first kappa shape index (κ1) is 21.6. The largest absolute Gasteiger partial charge is 0.492 e. The molecule has 2 aliphatic heterocycles. The van der Waals surface area contributed by atoms with E-state index in [1.807, 2.05) is 6.07 Å². The van der Waals surface area contributed by atoms with Crippen LogP contribution in [0.1, 0.15) is 44.2 Å². The first-order chi connectivity index (χ1) is 15.2. The number of rotatable bonds is 6. The van der Waals surface area contributed by atoms with Gasteiger partial charge in [-0.25, -0.2) is 4.79 Å². The van der Waals surface area contributed by atoms with Crippen LogP contribution in [0.2, 0.25) is 0 Å². The summed E-state index contributed by atoms with van der Waals surface area (Å²) in [5.74, 6) is 1.23. The third-order valence-electron chi connectivity index (χ3n) is 4.87. The molecule has 2 aromatic carbocycles. The molecule has 0 saturated carbocycles. The zero-order chi connectivity index (χ0) is 22.9. The lowest BCUT2D eigenvalue weighted by Gasteiger charge is -2.20. The van der Waals surface area contributed by atoms with Crippen LogP contribution >= 0.6 is 0 Å². The topological polar surface area (TPSA) is 113 Å².